The van der Waals surface area contributed by atoms with Crippen LogP contribution in [0.3, 0.4) is 0 Å². The number of amides is 4. The average Bonchev–Trinajstić information content (AvgIpc) is 3.20. The summed E-state index contributed by atoms with van der Waals surface area (Å²) in [4.78, 5) is 53.0. The van der Waals surface area contributed by atoms with E-state index in [-0.39, 0.29) is 42.1 Å². The molecular weight excluding hydrogens is 390 g/mol. The largest absolute Gasteiger partial charge is 0.350 e. The van der Waals surface area contributed by atoms with Crippen LogP contribution in [0.2, 0.25) is 0 Å². The molecule has 0 aliphatic carbocycles. The number of aryl methyl sites for hydroxylation is 1. The highest BCUT2D eigenvalue weighted by Gasteiger charge is 2.37. The average molecular weight is 418 g/mol. The van der Waals surface area contributed by atoms with Gasteiger partial charge in [0.15, 0.2) is 0 Å². The van der Waals surface area contributed by atoms with E-state index in [0.717, 1.165) is 5.56 Å². The summed E-state index contributed by atoms with van der Waals surface area (Å²) < 4.78 is 0. The minimum absolute atomic E-state index is 0.128. The van der Waals surface area contributed by atoms with E-state index >= 15 is 0 Å². The molecule has 1 unspecified atom stereocenters. The lowest BCUT2D eigenvalue weighted by Gasteiger charge is -2.28. The zero-order valence-electron chi connectivity index (χ0n) is 17.3. The van der Waals surface area contributed by atoms with Crippen LogP contribution in [0.25, 0.3) is 0 Å². The van der Waals surface area contributed by atoms with Crippen molar-refractivity contribution in [3.8, 4) is 0 Å². The molecule has 3 rings (SSSR count). The molecule has 1 atom stereocenters. The Morgan fingerprint density at radius 1 is 1.17 bits per heavy atom. The normalized spacial score (nSPS) is 19.0. The lowest BCUT2D eigenvalue weighted by molar-refractivity contribution is -0.138. The number of nitrogens with one attached hydrogen (secondary N) is 1. The number of carbonyl (C=O) groups excluding carboxylic acids is 4. The van der Waals surface area contributed by atoms with Crippen LogP contribution in [0, 0.1) is 6.92 Å². The van der Waals surface area contributed by atoms with Crippen LogP contribution in [-0.4, -0.2) is 63.2 Å². The number of imide groups is 1. The molecule has 0 bridgehead atoms. The maximum atomic E-state index is 12.7. The monoisotopic (exact) mass is 417 g/mol. The Bertz CT molecular complexity index is 862. The van der Waals surface area contributed by atoms with Gasteiger partial charge in [0.05, 0.1) is 17.0 Å². The second kappa shape index (κ2) is 8.18. The first kappa shape index (κ1) is 21.4. The van der Waals surface area contributed by atoms with Crippen LogP contribution in [0.15, 0.2) is 18.2 Å². The molecule has 0 aromatic heterocycles. The van der Waals surface area contributed by atoms with Crippen molar-refractivity contribution in [1.29, 1.82) is 0 Å². The smallest absolute Gasteiger partial charge is 0.261 e. The number of rotatable bonds is 5. The molecule has 29 heavy (non-hydrogen) atoms. The number of fused-ring (bicyclic) bond motifs is 1. The van der Waals surface area contributed by atoms with Gasteiger partial charge in [-0.05, 0) is 46.2 Å². The van der Waals surface area contributed by atoms with Gasteiger partial charge in [-0.2, -0.15) is 0 Å². The van der Waals surface area contributed by atoms with Crippen molar-refractivity contribution in [3.63, 3.8) is 0 Å². The van der Waals surface area contributed by atoms with Crippen LogP contribution >= 0.6 is 11.8 Å². The van der Waals surface area contributed by atoms with Crippen LogP contribution < -0.4 is 5.32 Å². The van der Waals surface area contributed by atoms with E-state index in [1.165, 1.54) is 4.90 Å². The van der Waals surface area contributed by atoms with Gasteiger partial charge in [-0.15, -0.1) is 11.8 Å². The fraction of sp³-hybridized carbons (Fsp3) is 0.524. The predicted octanol–water partition coefficient (Wildman–Crippen LogP) is 2.19. The molecule has 0 spiro atoms. The van der Waals surface area contributed by atoms with E-state index < -0.39 is 6.04 Å². The third-order valence-electron chi connectivity index (χ3n) is 4.90. The third-order valence-corrected chi connectivity index (χ3v) is 5.91. The summed E-state index contributed by atoms with van der Waals surface area (Å²) in [7, 11) is 0. The lowest BCUT2D eigenvalue weighted by Crippen LogP contribution is -2.52. The van der Waals surface area contributed by atoms with Crippen LogP contribution in [0.4, 0.5) is 0 Å². The van der Waals surface area contributed by atoms with E-state index in [9.17, 15) is 19.2 Å². The van der Waals surface area contributed by atoms with E-state index in [0.29, 0.717) is 29.2 Å². The first-order chi connectivity index (χ1) is 13.6. The summed E-state index contributed by atoms with van der Waals surface area (Å²) in [5.41, 5.74) is 1.41. The zero-order chi connectivity index (χ0) is 21.3. The van der Waals surface area contributed by atoms with Crippen LogP contribution in [0.1, 0.15) is 59.9 Å². The molecule has 1 aromatic rings. The second-order valence-corrected chi connectivity index (χ2v) is 9.53. The number of nitrogens with zero attached hydrogens (tertiary/aromatic N) is 2. The maximum absolute atomic E-state index is 12.7. The van der Waals surface area contributed by atoms with Crippen molar-refractivity contribution >= 4 is 35.4 Å². The molecule has 2 aliphatic heterocycles. The van der Waals surface area contributed by atoms with E-state index in [2.05, 4.69) is 5.32 Å². The number of carbonyl (C=O) groups is 4. The highest BCUT2D eigenvalue weighted by Crippen LogP contribution is 2.25. The summed E-state index contributed by atoms with van der Waals surface area (Å²) in [6.45, 7) is 7.78. The SMILES string of the molecule is Cc1ccc2c(c1)C(=O)N(CCCC(=O)N1CSCC1C(=O)NC(C)(C)C)C2=O. The molecule has 1 saturated heterocycles. The molecular formula is C21H27N3O4S. The molecule has 1 fully saturated rings. The molecule has 8 heteroatoms. The van der Waals surface area contributed by atoms with Crippen molar-refractivity contribution in [2.45, 2.75) is 52.1 Å². The highest BCUT2D eigenvalue weighted by atomic mass is 32.2. The number of thioether (sulfide) groups is 1. The van der Waals surface area contributed by atoms with E-state index in [4.69, 9.17) is 0 Å². The van der Waals surface area contributed by atoms with Gasteiger partial charge in [0.1, 0.15) is 6.04 Å². The Balaban J connectivity index is 1.55. The van der Waals surface area contributed by atoms with Crippen molar-refractivity contribution in [2.24, 2.45) is 0 Å². The molecule has 4 amide bonds. The quantitative estimate of drug-likeness (QED) is 0.742. The number of benzene rings is 1. The van der Waals surface area contributed by atoms with Crippen molar-refractivity contribution in [3.05, 3.63) is 34.9 Å². The minimum atomic E-state index is -0.478. The topological polar surface area (TPSA) is 86.8 Å². The predicted molar refractivity (Wildman–Crippen MR) is 112 cm³/mol. The second-order valence-electron chi connectivity index (χ2n) is 8.53. The Labute approximate surface area is 175 Å². The third kappa shape index (κ3) is 4.63. The first-order valence-electron chi connectivity index (χ1n) is 9.74. The molecule has 1 aromatic carbocycles. The molecule has 7 nitrogen and oxygen atoms in total. The standard InChI is InChI=1S/C21H27N3O4S/c1-13-7-8-14-15(10-13)20(28)23(19(14)27)9-5-6-17(25)24-12-29-11-16(24)18(26)22-21(2,3)4/h7-8,10,16H,5-6,9,11-12H2,1-4H3,(H,22,26). The van der Waals surface area contributed by atoms with E-state index in [1.54, 1.807) is 28.8 Å². The number of hydrogen-bond donors (Lipinski definition) is 1. The van der Waals surface area contributed by atoms with E-state index in [1.807, 2.05) is 33.8 Å². The Hall–Kier alpha value is -2.35. The fourth-order valence-electron chi connectivity index (χ4n) is 3.50. The summed E-state index contributed by atoms with van der Waals surface area (Å²) in [6.07, 6.45) is 0.560. The van der Waals surface area contributed by atoms with Gasteiger partial charge < -0.3 is 10.2 Å². The summed E-state index contributed by atoms with van der Waals surface area (Å²) in [5, 5.41) is 2.93. The number of hydrogen-bond acceptors (Lipinski definition) is 5. The van der Waals surface area contributed by atoms with Gasteiger partial charge >= 0.3 is 0 Å². The molecule has 1 N–H and O–H groups in total. The molecule has 0 radical (unpaired) electrons. The van der Waals surface area contributed by atoms with Crippen LogP contribution in [-0.2, 0) is 9.59 Å². The Morgan fingerprint density at radius 2 is 1.86 bits per heavy atom. The molecule has 0 saturated carbocycles. The fourth-order valence-corrected chi connectivity index (χ4v) is 4.68. The van der Waals surface area contributed by atoms with Gasteiger partial charge in [-0.25, -0.2) is 0 Å². The van der Waals surface area contributed by atoms with Crippen molar-refractivity contribution < 1.29 is 19.2 Å². The molecule has 156 valence electrons. The molecule has 2 heterocycles. The highest BCUT2D eigenvalue weighted by molar-refractivity contribution is 7.99. The minimum Gasteiger partial charge on any atom is -0.350 e. The summed E-state index contributed by atoms with van der Waals surface area (Å²) in [6, 6.07) is 4.73. The van der Waals surface area contributed by atoms with Gasteiger partial charge in [0.2, 0.25) is 11.8 Å². The summed E-state index contributed by atoms with van der Waals surface area (Å²) in [5.74, 6) is 0.165. The summed E-state index contributed by atoms with van der Waals surface area (Å²) >= 11 is 1.55. The van der Waals surface area contributed by atoms with Crippen molar-refractivity contribution in [2.75, 3.05) is 18.2 Å². The van der Waals surface area contributed by atoms with Gasteiger partial charge in [-0.1, -0.05) is 11.6 Å². The van der Waals surface area contributed by atoms with Gasteiger partial charge in [0, 0.05) is 24.3 Å². The zero-order valence-corrected chi connectivity index (χ0v) is 18.1. The molecule has 2 aliphatic rings. The Kier molecular flexibility index (Phi) is 6.03. The Morgan fingerprint density at radius 3 is 2.55 bits per heavy atom. The maximum Gasteiger partial charge on any atom is 0.261 e. The van der Waals surface area contributed by atoms with Crippen LogP contribution in [0.5, 0.6) is 0 Å². The van der Waals surface area contributed by atoms with Gasteiger partial charge in [0.25, 0.3) is 11.8 Å². The first-order valence-corrected chi connectivity index (χ1v) is 10.9. The van der Waals surface area contributed by atoms with Crippen molar-refractivity contribution in [1.82, 2.24) is 15.1 Å². The lowest BCUT2D eigenvalue weighted by atomic mass is 10.1. The van der Waals surface area contributed by atoms with Gasteiger partial charge in [-0.3, -0.25) is 24.1 Å².